The molecule has 1 heterocycles. The number of thiol groups is 1. The SMILES string of the molecule is CCCCC(CC)CSSc1nnc(S)s1. The molecule has 0 saturated carbocycles. The minimum atomic E-state index is 0.751. The van der Waals surface area contributed by atoms with Crippen LogP contribution >= 0.6 is 45.6 Å². The number of aromatic nitrogens is 2. The van der Waals surface area contributed by atoms with E-state index in [2.05, 4.69) is 36.7 Å². The topological polar surface area (TPSA) is 25.8 Å². The van der Waals surface area contributed by atoms with Crippen molar-refractivity contribution in [1.82, 2.24) is 10.2 Å². The molecule has 0 aromatic carbocycles. The van der Waals surface area contributed by atoms with Gasteiger partial charge >= 0.3 is 0 Å². The molecule has 2 nitrogen and oxygen atoms in total. The highest BCUT2D eigenvalue weighted by molar-refractivity contribution is 8.77. The van der Waals surface area contributed by atoms with Crippen LogP contribution in [0.3, 0.4) is 0 Å². The van der Waals surface area contributed by atoms with E-state index < -0.39 is 0 Å². The predicted molar refractivity (Wildman–Crippen MR) is 78.8 cm³/mol. The summed E-state index contributed by atoms with van der Waals surface area (Å²) < 4.78 is 1.77. The zero-order valence-corrected chi connectivity index (χ0v) is 13.0. The number of nitrogens with zero attached hydrogens (tertiary/aromatic N) is 2. The van der Waals surface area contributed by atoms with Crippen molar-refractivity contribution in [2.24, 2.45) is 5.92 Å². The summed E-state index contributed by atoms with van der Waals surface area (Å²) in [6.45, 7) is 4.53. The highest BCUT2D eigenvalue weighted by Crippen LogP contribution is 2.36. The van der Waals surface area contributed by atoms with E-state index in [1.54, 1.807) is 22.1 Å². The van der Waals surface area contributed by atoms with E-state index >= 15 is 0 Å². The minimum absolute atomic E-state index is 0.751. The van der Waals surface area contributed by atoms with Crippen molar-refractivity contribution in [2.45, 2.75) is 48.2 Å². The second-order valence-corrected chi connectivity index (χ2v) is 7.93. The zero-order valence-electron chi connectivity index (χ0n) is 9.68. The van der Waals surface area contributed by atoms with Gasteiger partial charge in [-0.1, -0.05) is 55.2 Å². The molecule has 1 rings (SSSR count). The molecular weight excluding hydrogens is 276 g/mol. The molecule has 0 aliphatic heterocycles. The minimum Gasteiger partial charge on any atom is -0.131 e. The first-order valence-electron chi connectivity index (χ1n) is 5.58. The van der Waals surface area contributed by atoms with Crippen molar-refractivity contribution in [1.29, 1.82) is 0 Å². The fourth-order valence-corrected chi connectivity index (χ4v) is 5.26. The number of rotatable bonds is 8. The summed E-state index contributed by atoms with van der Waals surface area (Å²) in [6, 6.07) is 0. The smallest absolute Gasteiger partial charge is 0.131 e. The Balaban J connectivity index is 2.17. The summed E-state index contributed by atoms with van der Waals surface area (Å²) in [7, 11) is 3.62. The van der Waals surface area contributed by atoms with Crippen molar-refractivity contribution in [2.75, 3.05) is 5.75 Å². The number of unbranched alkanes of at least 4 members (excludes halogenated alkanes) is 1. The molecule has 0 fully saturated rings. The fourth-order valence-electron chi connectivity index (χ4n) is 1.31. The molecule has 0 aliphatic rings. The van der Waals surface area contributed by atoms with E-state index in [-0.39, 0.29) is 0 Å². The molecule has 92 valence electrons. The van der Waals surface area contributed by atoms with E-state index in [9.17, 15) is 0 Å². The van der Waals surface area contributed by atoms with Gasteiger partial charge < -0.3 is 0 Å². The molecular formula is C10H18N2S4. The Labute approximate surface area is 115 Å². The van der Waals surface area contributed by atoms with Gasteiger partial charge in [0.15, 0.2) is 8.68 Å². The van der Waals surface area contributed by atoms with Gasteiger partial charge in [0, 0.05) is 5.75 Å². The van der Waals surface area contributed by atoms with Gasteiger partial charge in [-0.2, -0.15) is 0 Å². The van der Waals surface area contributed by atoms with Crippen LogP contribution in [0.5, 0.6) is 0 Å². The Kier molecular flexibility index (Phi) is 7.94. The van der Waals surface area contributed by atoms with Crippen LogP contribution in [0.15, 0.2) is 8.68 Å². The molecule has 1 aromatic rings. The van der Waals surface area contributed by atoms with Crippen molar-refractivity contribution in [3.05, 3.63) is 0 Å². The summed E-state index contributed by atoms with van der Waals surface area (Å²) >= 11 is 5.70. The largest absolute Gasteiger partial charge is 0.185 e. The number of hydrogen-bond acceptors (Lipinski definition) is 6. The van der Waals surface area contributed by atoms with E-state index in [0.29, 0.717) is 0 Å². The van der Waals surface area contributed by atoms with E-state index in [1.807, 2.05) is 10.8 Å². The van der Waals surface area contributed by atoms with Crippen LogP contribution in [0.2, 0.25) is 0 Å². The van der Waals surface area contributed by atoms with Gasteiger partial charge in [0.05, 0.1) is 0 Å². The molecule has 0 N–H and O–H groups in total. The van der Waals surface area contributed by atoms with Gasteiger partial charge in [0.2, 0.25) is 0 Å². The highest BCUT2D eigenvalue weighted by Gasteiger charge is 2.08. The second kappa shape index (κ2) is 8.66. The average Bonchev–Trinajstić information content (AvgIpc) is 2.69. The van der Waals surface area contributed by atoms with Crippen LogP contribution in [0.1, 0.15) is 39.5 Å². The molecule has 0 bridgehead atoms. The first kappa shape index (κ1) is 14.7. The third-order valence-electron chi connectivity index (χ3n) is 2.37. The van der Waals surface area contributed by atoms with Gasteiger partial charge in [0.1, 0.15) is 0 Å². The molecule has 1 unspecified atom stereocenters. The maximum atomic E-state index is 4.15. The summed E-state index contributed by atoms with van der Waals surface area (Å²) in [4.78, 5) is 0. The van der Waals surface area contributed by atoms with Crippen LogP contribution in [0.4, 0.5) is 0 Å². The Bertz CT molecular complexity index is 290. The third kappa shape index (κ3) is 5.80. The van der Waals surface area contributed by atoms with E-state index in [0.717, 1.165) is 14.6 Å². The van der Waals surface area contributed by atoms with Gasteiger partial charge in [-0.15, -0.1) is 22.8 Å². The maximum Gasteiger partial charge on any atom is 0.185 e. The Hall–Kier alpha value is 0.610. The van der Waals surface area contributed by atoms with Crippen LogP contribution in [0.25, 0.3) is 0 Å². The van der Waals surface area contributed by atoms with Gasteiger partial charge in [0.25, 0.3) is 0 Å². The van der Waals surface area contributed by atoms with Crippen LogP contribution in [0, 0.1) is 5.92 Å². The molecule has 1 atom stereocenters. The van der Waals surface area contributed by atoms with Crippen molar-refractivity contribution in [3.63, 3.8) is 0 Å². The zero-order chi connectivity index (χ0) is 11.8. The Morgan fingerprint density at radius 3 is 2.75 bits per heavy atom. The first-order chi connectivity index (χ1) is 7.76. The molecule has 1 aromatic heterocycles. The van der Waals surface area contributed by atoms with Crippen molar-refractivity contribution in [3.8, 4) is 0 Å². The summed E-state index contributed by atoms with van der Waals surface area (Å²) in [6.07, 6.45) is 5.28. The van der Waals surface area contributed by atoms with Crippen molar-refractivity contribution < 1.29 is 0 Å². The van der Waals surface area contributed by atoms with E-state index in [4.69, 9.17) is 0 Å². The standard InChI is InChI=1S/C10H18N2S4/c1-3-5-6-8(4-2)7-14-16-10-12-11-9(13)15-10/h8H,3-7H2,1-2H3,(H,11,13). The molecule has 6 heteroatoms. The molecule has 0 spiro atoms. The lowest BCUT2D eigenvalue weighted by Gasteiger charge is -2.12. The average molecular weight is 295 g/mol. The molecule has 16 heavy (non-hydrogen) atoms. The summed E-state index contributed by atoms with van der Waals surface area (Å²) in [5.41, 5.74) is 0. The molecule has 0 radical (unpaired) electrons. The summed E-state index contributed by atoms with van der Waals surface area (Å²) in [5.74, 6) is 2.06. The lowest BCUT2D eigenvalue weighted by Crippen LogP contribution is -2.00. The van der Waals surface area contributed by atoms with Gasteiger partial charge in [-0.05, 0) is 23.1 Å². The second-order valence-electron chi connectivity index (χ2n) is 3.63. The summed E-state index contributed by atoms with van der Waals surface area (Å²) in [5, 5.41) is 7.92. The lowest BCUT2D eigenvalue weighted by molar-refractivity contribution is 0.500. The molecule has 0 saturated heterocycles. The number of hydrogen-bond donors (Lipinski definition) is 1. The van der Waals surface area contributed by atoms with Gasteiger partial charge in [-0.3, -0.25) is 0 Å². The van der Waals surface area contributed by atoms with Crippen LogP contribution in [-0.2, 0) is 0 Å². The monoisotopic (exact) mass is 294 g/mol. The molecule has 0 aliphatic carbocycles. The Morgan fingerprint density at radius 1 is 1.38 bits per heavy atom. The van der Waals surface area contributed by atoms with E-state index in [1.165, 1.54) is 31.4 Å². The Morgan fingerprint density at radius 2 is 2.19 bits per heavy atom. The van der Waals surface area contributed by atoms with Crippen LogP contribution in [-0.4, -0.2) is 16.0 Å². The van der Waals surface area contributed by atoms with Crippen molar-refractivity contribution >= 4 is 45.6 Å². The lowest BCUT2D eigenvalue weighted by atomic mass is 10.0. The maximum absolute atomic E-state index is 4.15. The normalized spacial score (nSPS) is 12.9. The molecule has 0 amide bonds. The first-order valence-corrected chi connectivity index (χ1v) is 9.16. The van der Waals surface area contributed by atoms with Gasteiger partial charge in [-0.25, -0.2) is 0 Å². The fraction of sp³-hybridized carbons (Fsp3) is 0.800. The third-order valence-corrected chi connectivity index (χ3v) is 6.26. The quantitative estimate of drug-likeness (QED) is 0.551. The predicted octanol–water partition coefficient (Wildman–Crippen LogP) is 4.78. The van der Waals surface area contributed by atoms with Crippen LogP contribution < -0.4 is 0 Å². The highest BCUT2D eigenvalue weighted by atomic mass is 33.1.